The van der Waals surface area contributed by atoms with Crippen LogP contribution < -0.4 is 0 Å². The third-order valence-electron chi connectivity index (χ3n) is 3.60. The summed E-state index contributed by atoms with van der Waals surface area (Å²) in [6.07, 6.45) is 6.58. The topological polar surface area (TPSA) is 38.1 Å². The summed E-state index contributed by atoms with van der Waals surface area (Å²) in [5, 5.41) is 5.09. The predicted molar refractivity (Wildman–Crippen MR) is 75.0 cm³/mol. The number of rotatable bonds is 4. The molecule has 18 heavy (non-hydrogen) atoms. The van der Waals surface area contributed by atoms with Crippen molar-refractivity contribution in [3.63, 3.8) is 0 Å². The Kier molecular flexibility index (Phi) is 4.43. The molecule has 1 heterocycles. The third-order valence-corrected chi connectivity index (χ3v) is 3.95. The molecule has 1 aliphatic rings. The highest BCUT2D eigenvalue weighted by Gasteiger charge is 2.28. The zero-order valence-electron chi connectivity index (χ0n) is 11.0. The van der Waals surface area contributed by atoms with Crippen molar-refractivity contribution < 1.29 is 4.79 Å². The number of aryl methyl sites for hydroxylation is 2. The fourth-order valence-corrected chi connectivity index (χ4v) is 3.10. The molecule has 0 atom stereocenters. The van der Waals surface area contributed by atoms with Gasteiger partial charge in [-0.05, 0) is 19.8 Å². The first-order chi connectivity index (χ1) is 8.63. The van der Waals surface area contributed by atoms with Crippen molar-refractivity contribution >= 4 is 21.8 Å². The molecular weight excluding hydrogens is 294 g/mol. The monoisotopic (exact) mass is 313 g/mol. The number of halogens is 1. The van der Waals surface area contributed by atoms with Gasteiger partial charge in [-0.25, -0.2) is 0 Å². The average molecular weight is 314 g/mol. The summed E-state index contributed by atoms with van der Waals surface area (Å²) in [7, 11) is 1.86. The quantitative estimate of drug-likeness (QED) is 0.801. The van der Waals surface area contributed by atoms with Gasteiger partial charge in [-0.3, -0.25) is 9.48 Å². The molecule has 4 nitrogen and oxygen atoms in total. The summed E-state index contributed by atoms with van der Waals surface area (Å²) >= 11 is 3.45. The molecule has 0 aliphatic heterocycles. The predicted octanol–water partition coefficient (Wildman–Crippen LogP) is 2.51. The van der Waals surface area contributed by atoms with E-state index in [2.05, 4.69) is 21.0 Å². The van der Waals surface area contributed by atoms with Crippen LogP contribution in [0.4, 0.5) is 0 Å². The smallest absolute Gasteiger partial charge is 0.257 e. The third kappa shape index (κ3) is 2.76. The van der Waals surface area contributed by atoms with Crippen molar-refractivity contribution in [3.8, 4) is 0 Å². The molecule has 1 aromatic rings. The molecule has 0 spiro atoms. The second kappa shape index (κ2) is 5.87. The zero-order valence-corrected chi connectivity index (χ0v) is 12.6. The van der Waals surface area contributed by atoms with Gasteiger partial charge in [-0.2, -0.15) is 5.10 Å². The first-order valence-electron chi connectivity index (χ1n) is 6.50. The molecule has 0 unspecified atom stereocenters. The number of amides is 1. The van der Waals surface area contributed by atoms with Crippen molar-refractivity contribution in [3.05, 3.63) is 17.5 Å². The van der Waals surface area contributed by atoms with Crippen LogP contribution >= 0.6 is 15.9 Å². The van der Waals surface area contributed by atoms with Gasteiger partial charge < -0.3 is 4.90 Å². The first kappa shape index (κ1) is 13.6. The Morgan fingerprint density at radius 2 is 2.22 bits per heavy atom. The van der Waals surface area contributed by atoms with E-state index < -0.39 is 0 Å². The molecule has 1 saturated carbocycles. The van der Waals surface area contributed by atoms with Gasteiger partial charge >= 0.3 is 0 Å². The van der Waals surface area contributed by atoms with Crippen LogP contribution in [-0.2, 0) is 7.05 Å². The van der Waals surface area contributed by atoms with E-state index in [0.29, 0.717) is 6.04 Å². The molecule has 0 N–H and O–H groups in total. The van der Waals surface area contributed by atoms with Crippen molar-refractivity contribution in [2.75, 3.05) is 11.9 Å². The van der Waals surface area contributed by atoms with Gasteiger partial charge in [0.1, 0.15) is 0 Å². The Bertz CT molecular complexity index is 424. The highest BCUT2D eigenvalue weighted by molar-refractivity contribution is 9.09. The van der Waals surface area contributed by atoms with Crippen LogP contribution in [-0.4, -0.2) is 38.5 Å². The molecule has 0 saturated heterocycles. The molecule has 1 amide bonds. The number of hydrogen-bond acceptors (Lipinski definition) is 2. The summed E-state index contributed by atoms with van der Waals surface area (Å²) in [5.41, 5.74) is 1.56. The Morgan fingerprint density at radius 1 is 1.56 bits per heavy atom. The fourth-order valence-electron chi connectivity index (χ4n) is 2.72. The highest BCUT2D eigenvalue weighted by atomic mass is 79.9. The van der Waals surface area contributed by atoms with Crippen LogP contribution in [0.2, 0.25) is 0 Å². The number of carbonyl (C=O) groups is 1. The lowest BCUT2D eigenvalue weighted by Crippen LogP contribution is -2.40. The molecule has 5 heteroatoms. The molecule has 2 rings (SSSR count). The van der Waals surface area contributed by atoms with Gasteiger partial charge in [0.05, 0.1) is 11.3 Å². The normalized spacial score (nSPS) is 16.2. The minimum absolute atomic E-state index is 0.131. The molecule has 100 valence electrons. The lowest BCUT2D eigenvalue weighted by atomic mass is 10.1. The lowest BCUT2D eigenvalue weighted by Gasteiger charge is -2.28. The van der Waals surface area contributed by atoms with E-state index in [1.54, 1.807) is 4.68 Å². The minimum atomic E-state index is 0.131. The number of hydrogen-bond donors (Lipinski definition) is 0. The van der Waals surface area contributed by atoms with E-state index in [0.717, 1.165) is 36.0 Å². The Balaban J connectivity index is 2.19. The zero-order chi connectivity index (χ0) is 13.1. The number of aromatic nitrogens is 2. The summed E-state index contributed by atoms with van der Waals surface area (Å²) < 4.78 is 1.71. The van der Waals surface area contributed by atoms with Crippen LogP contribution in [0.15, 0.2) is 6.20 Å². The van der Waals surface area contributed by atoms with Gasteiger partial charge in [0, 0.05) is 31.2 Å². The number of alkyl halides is 1. The molecular formula is C13H20BrN3O. The minimum Gasteiger partial charge on any atom is -0.335 e. The average Bonchev–Trinajstić information content (AvgIpc) is 2.95. The maximum absolute atomic E-state index is 12.6. The lowest BCUT2D eigenvalue weighted by molar-refractivity contribution is 0.0695. The van der Waals surface area contributed by atoms with Gasteiger partial charge in [-0.1, -0.05) is 28.8 Å². The molecule has 0 bridgehead atoms. The molecule has 1 aromatic heterocycles. The van der Waals surface area contributed by atoms with Crippen molar-refractivity contribution in [2.45, 2.75) is 38.6 Å². The van der Waals surface area contributed by atoms with Crippen molar-refractivity contribution in [1.29, 1.82) is 0 Å². The summed E-state index contributed by atoms with van der Waals surface area (Å²) in [6, 6.07) is 0.412. The highest BCUT2D eigenvalue weighted by Crippen LogP contribution is 2.25. The van der Waals surface area contributed by atoms with Gasteiger partial charge in [0.25, 0.3) is 5.91 Å². The van der Waals surface area contributed by atoms with Crippen LogP contribution in [0.5, 0.6) is 0 Å². The summed E-state index contributed by atoms with van der Waals surface area (Å²) in [4.78, 5) is 14.6. The van der Waals surface area contributed by atoms with Gasteiger partial charge in [-0.15, -0.1) is 0 Å². The van der Waals surface area contributed by atoms with Gasteiger partial charge in [0.2, 0.25) is 0 Å². The molecule has 0 radical (unpaired) electrons. The molecule has 0 aromatic carbocycles. The van der Waals surface area contributed by atoms with Crippen molar-refractivity contribution in [2.24, 2.45) is 7.05 Å². The first-order valence-corrected chi connectivity index (χ1v) is 7.63. The molecule has 1 aliphatic carbocycles. The Hall–Kier alpha value is -0.840. The van der Waals surface area contributed by atoms with E-state index in [4.69, 9.17) is 0 Å². The maximum atomic E-state index is 12.6. The summed E-state index contributed by atoms with van der Waals surface area (Å²) in [5.74, 6) is 0.131. The standard InChI is InChI=1S/C13H20BrN3O/c1-10-12(9-16(2)15-10)13(18)17(8-7-14)11-5-3-4-6-11/h9,11H,3-8H2,1-2H3. The van der Waals surface area contributed by atoms with Crippen LogP contribution in [0, 0.1) is 6.92 Å². The Morgan fingerprint density at radius 3 is 2.72 bits per heavy atom. The van der Waals surface area contributed by atoms with E-state index in [-0.39, 0.29) is 5.91 Å². The Labute approximate surface area is 116 Å². The van der Waals surface area contributed by atoms with E-state index in [1.165, 1.54) is 12.8 Å². The SMILES string of the molecule is Cc1nn(C)cc1C(=O)N(CCBr)C1CCCC1. The van der Waals surface area contributed by atoms with E-state index >= 15 is 0 Å². The van der Waals surface area contributed by atoms with E-state index in [9.17, 15) is 4.79 Å². The number of nitrogens with zero attached hydrogens (tertiary/aromatic N) is 3. The van der Waals surface area contributed by atoms with Gasteiger partial charge in [0.15, 0.2) is 0 Å². The fraction of sp³-hybridized carbons (Fsp3) is 0.692. The van der Waals surface area contributed by atoms with E-state index in [1.807, 2.05) is 25.1 Å². The second-order valence-corrected chi connectivity index (χ2v) is 5.72. The molecule has 1 fully saturated rings. The largest absolute Gasteiger partial charge is 0.335 e. The van der Waals surface area contributed by atoms with Crippen LogP contribution in [0.25, 0.3) is 0 Å². The van der Waals surface area contributed by atoms with Crippen LogP contribution in [0.1, 0.15) is 41.7 Å². The maximum Gasteiger partial charge on any atom is 0.257 e. The second-order valence-electron chi connectivity index (χ2n) is 4.93. The number of carbonyl (C=O) groups excluding carboxylic acids is 1. The van der Waals surface area contributed by atoms with Crippen LogP contribution in [0.3, 0.4) is 0 Å². The summed E-state index contributed by atoms with van der Waals surface area (Å²) in [6.45, 7) is 2.67. The van der Waals surface area contributed by atoms with Crippen molar-refractivity contribution in [1.82, 2.24) is 14.7 Å².